The molecule has 1 saturated heterocycles. The van der Waals surface area contributed by atoms with Crippen molar-refractivity contribution >= 4 is 34.8 Å². The van der Waals surface area contributed by atoms with Crippen LogP contribution in [0, 0.1) is 5.92 Å². The third-order valence-corrected chi connectivity index (χ3v) is 6.16. The van der Waals surface area contributed by atoms with Gasteiger partial charge in [-0.25, -0.2) is 0 Å². The van der Waals surface area contributed by atoms with E-state index in [0.717, 1.165) is 31.5 Å². The highest BCUT2D eigenvalue weighted by atomic mass is 35.5. The summed E-state index contributed by atoms with van der Waals surface area (Å²) in [6.45, 7) is 2.03. The average Bonchev–Trinajstić information content (AvgIpc) is 3.29. The predicted octanol–water partition coefficient (Wildman–Crippen LogP) is 4.91. The van der Waals surface area contributed by atoms with Crippen molar-refractivity contribution in [1.29, 1.82) is 0 Å². The molecule has 1 aliphatic heterocycles. The van der Waals surface area contributed by atoms with Gasteiger partial charge in [-0.1, -0.05) is 28.4 Å². The fourth-order valence-corrected chi connectivity index (χ4v) is 4.24. The van der Waals surface area contributed by atoms with E-state index in [9.17, 15) is 4.79 Å². The lowest BCUT2D eigenvalue weighted by atomic mass is 9.96. The summed E-state index contributed by atoms with van der Waals surface area (Å²) < 4.78 is 16.1. The van der Waals surface area contributed by atoms with Crippen LogP contribution in [0.15, 0.2) is 40.9 Å². The molecule has 0 spiro atoms. The summed E-state index contributed by atoms with van der Waals surface area (Å²) in [7, 11) is 3.17. The molecule has 1 aromatic heterocycles. The maximum atomic E-state index is 12.6. The highest BCUT2D eigenvalue weighted by Gasteiger charge is 2.26. The van der Waals surface area contributed by atoms with Crippen molar-refractivity contribution in [2.75, 3.05) is 32.6 Å². The summed E-state index contributed by atoms with van der Waals surface area (Å²) in [5, 5.41) is 7.95. The second kappa shape index (κ2) is 10.4. The summed E-state index contributed by atoms with van der Waals surface area (Å²) in [5.41, 5.74) is 1.35. The first-order valence-corrected chi connectivity index (χ1v) is 11.3. The number of piperidine rings is 1. The Balaban J connectivity index is 1.31. The number of carbonyl (C=O) groups is 1. The molecule has 0 radical (unpaired) electrons. The number of methoxy groups -OCH3 is 2. The smallest absolute Gasteiger partial charge is 0.241 e. The Hall–Kier alpha value is -2.81. The molecule has 10 heteroatoms. The van der Waals surface area contributed by atoms with Crippen molar-refractivity contribution in [3.05, 3.63) is 52.3 Å². The van der Waals surface area contributed by atoms with Crippen LogP contribution in [-0.2, 0) is 11.3 Å². The zero-order valence-corrected chi connectivity index (χ0v) is 19.8. The molecule has 2 aromatic carbocycles. The number of benzene rings is 2. The molecule has 4 rings (SSSR count). The predicted molar refractivity (Wildman–Crippen MR) is 126 cm³/mol. The first kappa shape index (κ1) is 23.4. The monoisotopic (exact) mass is 490 g/mol. The van der Waals surface area contributed by atoms with E-state index in [0.29, 0.717) is 45.5 Å². The molecule has 174 valence electrons. The van der Waals surface area contributed by atoms with Crippen molar-refractivity contribution in [1.82, 2.24) is 15.0 Å². The van der Waals surface area contributed by atoms with Crippen molar-refractivity contribution in [3.8, 4) is 22.9 Å². The van der Waals surface area contributed by atoms with Gasteiger partial charge >= 0.3 is 0 Å². The van der Waals surface area contributed by atoms with Crippen molar-refractivity contribution in [3.63, 3.8) is 0 Å². The summed E-state index contributed by atoms with van der Waals surface area (Å²) in [6, 6.07) is 10.5. The van der Waals surface area contributed by atoms with Crippen LogP contribution in [0.2, 0.25) is 10.0 Å². The highest BCUT2D eigenvalue weighted by molar-refractivity contribution is 6.36. The van der Waals surface area contributed by atoms with E-state index in [1.807, 2.05) is 12.1 Å². The Morgan fingerprint density at radius 2 is 1.88 bits per heavy atom. The molecule has 1 fully saturated rings. The van der Waals surface area contributed by atoms with Crippen LogP contribution in [0.3, 0.4) is 0 Å². The van der Waals surface area contributed by atoms with Gasteiger partial charge in [0, 0.05) is 16.5 Å². The molecule has 8 nitrogen and oxygen atoms in total. The third kappa shape index (κ3) is 5.58. The molecule has 0 aliphatic carbocycles. The second-order valence-corrected chi connectivity index (χ2v) is 8.59. The van der Waals surface area contributed by atoms with E-state index >= 15 is 0 Å². The van der Waals surface area contributed by atoms with Crippen LogP contribution in [0.5, 0.6) is 11.5 Å². The van der Waals surface area contributed by atoms with E-state index in [-0.39, 0.29) is 11.8 Å². The van der Waals surface area contributed by atoms with Gasteiger partial charge in [-0.15, -0.1) is 0 Å². The molecule has 0 unspecified atom stereocenters. The van der Waals surface area contributed by atoms with Gasteiger partial charge in [0.1, 0.15) is 0 Å². The number of hydrogen-bond donors (Lipinski definition) is 1. The van der Waals surface area contributed by atoms with Crippen molar-refractivity contribution < 1.29 is 18.8 Å². The number of rotatable bonds is 7. The van der Waals surface area contributed by atoms with Crippen LogP contribution in [0.25, 0.3) is 11.4 Å². The van der Waals surface area contributed by atoms with Crippen LogP contribution in [-0.4, -0.2) is 48.3 Å². The SMILES string of the molecule is COc1ccc(-c2noc(CN3CCC(C(=O)Nc4ccc(Cl)cc4Cl)CC3)n2)cc1OC. The molecular formula is C23H24Cl2N4O4. The van der Waals surface area contributed by atoms with E-state index < -0.39 is 0 Å². The normalized spacial score (nSPS) is 14.8. The van der Waals surface area contributed by atoms with Gasteiger partial charge in [-0.05, 0) is 62.3 Å². The highest BCUT2D eigenvalue weighted by Crippen LogP contribution is 2.31. The van der Waals surface area contributed by atoms with Gasteiger partial charge in [0.05, 0.1) is 31.5 Å². The molecule has 33 heavy (non-hydrogen) atoms. The Morgan fingerprint density at radius 3 is 2.58 bits per heavy atom. The maximum Gasteiger partial charge on any atom is 0.241 e. The van der Waals surface area contributed by atoms with E-state index in [4.69, 9.17) is 37.2 Å². The van der Waals surface area contributed by atoms with Crippen molar-refractivity contribution in [2.45, 2.75) is 19.4 Å². The minimum atomic E-state index is -0.0852. The van der Waals surface area contributed by atoms with Gasteiger partial charge in [0.15, 0.2) is 11.5 Å². The quantitative estimate of drug-likeness (QED) is 0.502. The number of anilines is 1. The molecule has 0 bridgehead atoms. The first-order valence-electron chi connectivity index (χ1n) is 10.5. The largest absolute Gasteiger partial charge is 0.493 e. The fraction of sp³-hybridized carbons (Fsp3) is 0.348. The fourth-order valence-electron chi connectivity index (χ4n) is 3.78. The Bertz CT molecular complexity index is 1130. The number of carbonyl (C=O) groups excluding carboxylic acids is 1. The summed E-state index contributed by atoms with van der Waals surface area (Å²) >= 11 is 12.1. The van der Waals surface area contributed by atoms with Crippen molar-refractivity contribution in [2.24, 2.45) is 5.92 Å². The molecule has 0 atom stereocenters. The zero-order chi connectivity index (χ0) is 23.4. The Labute approximate surface area is 201 Å². The van der Waals surface area contributed by atoms with Crippen LogP contribution in [0.4, 0.5) is 5.69 Å². The number of likely N-dealkylation sites (tertiary alicyclic amines) is 1. The van der Waals surface area contributed by atoms with Crippen LogP contribution < -0.4 is 14.8 Å². The maximum absolute atomic E-state index is 12.6. The number of aromatic nitrogens is 2. The molecule has 0 saturated carbocycles. The minimum Gasteiger partial charge on any atom is -0.493 e. The van der Waals surface area contributed by atoms with E-state index in [2.05, 4.69) is 20.4 Å². The lowest BCUT2D eigenvalue weighted by Crippen LogP contribution is -2.37. The van der Waals surface area contributed by atoms with Gasteiger partial charge < -0.3 is 19.3 Å². The second-order valence-electron chi connectivity index (χ2n) is 7.75. The molecule has 1 aliphatic rings. The number of hydrogen-bond acceptors (Lipinski definition) is 7. The van der Waals surface area contributed by atoms with E-state index in [1.54, 1.807) is 38.5 Å². The average molecular weight is 491 g/mol. The Kier molecular flexibility index (Phi) is 7.37. The van der Waals surface area contributed by atoms with Gasteiger partial charge in [0.25, 0.3) is 0 Å². The lowest BCUT2D eigenvalue weighted by Gasteiger charge is -2.30. The number of halogens is 2. The molecule has 3 aromatic rings. The van der Waals surface area contributed by atoms with Gasteiger partial charge in [0.2, 0.25) is 17.6 Å². The van der Waals surface area contributed by atoms with Crippen LogP contribution >= 0.6 is 23.2 Å². The lowest BCUT2D eigenvalue weighted by molar-refractivity contribution is -0.121. The molecular weight excluding hydrogens is 467 g/mol. The first-order chi connectivity index (χ1) is 16.0. The van der Waals surface area contributed by atoms with Gasteiger partial charge in [-0.3, -0.25) is 9.69 Å². The molecule has 1 amide bonds. The standard InChI is InChI=1S/C23H24Cl2N4O4/c1-31-19-6-3-15(11-20(19)32-2)22-27-21(33-28-22)13-29-9-7-14(8-10-29)23(30)26-18-5-4-16(24)12-17(18)25/h3-6,11-12,14H,7-10,13H2,1-2H3,(H,26,30). The summed E-state index contributed by atoms with van der Waals surface area (Å²) in [6.07, 6.45) is 1.46. The number of ether oxygens (including phenoxy) is 2. The zero-order valence-electron chi connectivity index (χ0n) is 18.3. The van der Waals surface area contributed by atoms with E-state index in [1.165, 1.54) is 0 Å². The number of nitrogens with zero attached hydrogens (tertiary/aromatic N) is 3. The minimum absolute atomic E-state index is 0.0348. The Morgan fingerprint density at radius 1 is 1.12 bits per heavy atom. The van der Waals surface area contributed by atoms with Crippen LogP contribution in [0.1, 0.15) is 18.7 Å². The van der Waals surface area contributed by atoms with Gasteiger partial charge in [-0.2, -0.15) is 4.98 Å². The number of nitrogens with one attached hydrogen (secondary N) is 1. The molecule has 1 N–H and O–H groups in total. The molecule has 2 heterocycles. The third-order valence-electron chi connectivity index (χ3n) is 5.62. The summed E-state index contributed by atoms with van der Waals surface area (Å²) in [5.74, 6) is 2.12. The number of amides is 1. The summed E-state index contributed by atoms with van der Waals surface area (Å²) in [4.78, 5) is 19.4. The topological polar surface area (TPSA) is 89.7 Å².